The maximum Gasteiger partial charge on any atom is 0.151 e. The Kier molecular flexibility index (Phi) is 3.97. The van der Waals surface area contributed by atoms with Crippen LogP contribution in [0.2, 0.25) is 0 Å². The number of rotatable bonds is 2. The van der Waals surface area contributed by atoms with Gasteiger partial charge in [0.15, 0.2) is 5.78 Å². The van der Waals surface area contributed by atoms with E-state index in [-0.39, 0.29) is 12.1 Å². The van der Waals surface area contributed by atoms with Gasteiger partial charge < -0.3 is 4.90 Å². The maximum atomic E-state index is 13.8. The van der Waals surface area contributed by atoms with E-state index in [0.717, 1.165) is 24.5 Å². The third kappa shape index (κ3) is 2.34. The zero-order chi connectivity index (χ0) is 18.5. The minimum atomic E-state index is -0.504. The van der Waals surface area contributed by atoms with Gasteiger partial charge in [-0.15, -0.1) is 0 Å². The molecule has 2 aromatic rings. The van der Waals surface area contributed by atoms with Gasteiger partial charge in [-0.3, -0.25) is 19.7 Å². The molecule has 0 radical (unpaired) electrons. The van der Waals surface area contributed by atoms with E-state index in [1.165, 1.54) is 0 Å². The number of likely N-dealkylation sites (tertiary alicyclic amines) is 2. The highest BCUT2D eigenvalue weighted by molar-refractivity contribution is 5.93. The minimum Gasteiger partial charge on any atom is -0.304 e. The first kappa shape index (κ1) is 17.3. The van der Waals surface area contributed by atoms with Gasteiger partial charge in [-0.2, -0.15) is 0 Å². The van der Waals surface area contributed by atoms with Gasteiger partial charge in [0.1, 0.15) is 0 Å². The summed E-state index contributed by atoms with van der Waals surface area (Å²) in [6.07, 6.45) is 3.63. The van der Waals surface area contributed by atoms with Gasteiger partial charge in [0.25, 0.3) is 0 Å². The van der Waals surface area contributed by atoms with Crippen molar-refractivity contribution in [1.29, 1.82) is 0 Å². The molecule has 4 rings (SSSR count). The molecule has 0 aliphatic carbocycles. The molecule has 5 nitrogen and oxygen atoms in total. The second-order valence-electron chi connectivity index (χ2n) is 8.32. The van der Waals surface area contributed by atoms with Crippen LogP contribution in [0.25, 0.3) is 0 Å². The van der Waals surface area contributed by atoms with E-state index in [4.69, 9.17) is 0 Å². The van der Waals surface area contributed by atoms with Crippen molar-refractivity contribution in [1.82, 2.24) is 19.8 Å². The van der Waals surface area contributed by atoms with Crippen molar-refractivity contribution < 1.29 is 4.79 Å². The van der Waals surface area contributed by atoms with Crippen LogP contribution in [0.3, 0.4) is 0 Å². The van der Waals surface area contributed by atoms with E-state index in [0.29, 0.717) is 5.78 Å². The van der Waals surface area contributed by atoms with Crippen molar-refractivity contribution in [3.8, 4) is 0 Å². The Hall–Kier alpha value is -2.11. The van der Waals surface area contributed by atoms with Crippen LogP contribution < -0.4 is 0 Å². The number of Topliss-reactive ketones (excluding diaryl/α,β-unsaturated/α-hetero) is 1. The lowest BCUT2D eigenvalue weighted by Crippen LogP contribution is -2.68. The van der Waals surface area contributed by atoms with Crippen LogP contribution in [0.15, 0.2) is 48.8 Å². The van der Waals surface area contributed by atoms with Crippen LogP contribution in [-0.2, 0) is 4.79 Å². The fraction of sp³-hybridized carbons (Fsp3) is 0.476. The fourth-order valence-corrected chi connectivity index (χ4v) is 5.59. The molecule has 0 spiro atoms. The fourth-order valence-electron chi connectivity index (χ4n) is 5.59. The number of ketones is 1. The molecule has 2 bridgehead atoms. The van der Waals surface area contributed by atoms with Gasteiger partial charge >= 0.3 is 0 Å². The van der Waals surface area contributed by atoms with Crippen molar-refractivity contribution >= 4 is 5.78 Å². The van der Waals surface area contributed by atoms with Crippen molar-refractivity contribution in [3.63, 3.8) is 0 Å². The first-order valence-electron chi connectivity index (χ1n) is 9.15. The lowest BCUT2D eigenvalue weighted by Gasteiger charge is -2.61. The molecule has 0 saturated carbocycles. The highest BCUT2D eigenvalue weighted by Gasteiger charge is 2.64. The number of piperidine rings is 2. The largest absolute Gasteiger partial charge is 0.304 e. The third-order valence-electron chi connectivity index (χ3n) is 6.19. The van der Waals surface area contributed by atoms with Gasteiger partial charge in [-0.25, -0.2) is 0 Å². The summed E-state index contributed by atoms with van der Waals surface area (Å²) < 4.78 is 0. The molecule has 4 heterocycles. The Morgan fingerprint density at radius 3 is 1.73 bits per heavy atom. The molecule has 0 N–H and O–H groups in total. The highest BCUT2D eigenvalue weighted by Crippen LogP contribution is 2.58. The topological polar surface area (TPSA) is 49.3 Å². The average Bonchev–Trinajstić information content (AvgIpc) is 2.61. The molecule has 2 aliphatic rings. The summed E-state index contributed by atoms with van der Waals surface area (Å²) in [5.41, 5.74) is 0.889. The second kappa shape index (κ2) is 5.96. The number of aromatic nitrogens is 2. The van der Waals surface area contributed by atoms with E-state index in [1.54, 1.807) is 0 Å². The molecule has 0 aromatic carbocycles. The van der Waals surface area contributed by atoms with Crippen LogP contribution in [0.1, 0.15) is 37.3 Å². The molecule has 2 aromatic heterocycles. The Morgan fingerprint density at radius 2 is 1.35 bits per heavy atom. The number of pyridine rings is 2. The minimum absolute atomic E-state index is 0.0842. The summed E-state index contributed by atoms with van der Waals surface area (Å²) in [5, 5.41) is 0. The first-order chi connectivity index (χ1) is 12.4. The van der Waals surface area contributed by atoms with Gasteiger partial charge in [-0.05, 0) is 52.2 Å². The van der Waals surface area contributed by atoms with E-state index >= 15 is 0 Å². The number of carbonyl (C=O) groups excluding carboxylic acids is 1. The van der Waals surface area contributed by atoms with Gasteiger partial charge in [-0.1, -0.05) is 12.1 Å². The zero-order valence-corrected chi connectivity index (χ0v) is 15.9. The molecule has 26 heavy (non-hydrogen) atoms. The predicted molar refractivity (Wildman–Crippen MR) is 100 cm³/mol. The molecular weight excluding hydrogens is 324 g/mol. The van der Waals surface area contributed by atoms with Crippen LogP contribution in [0, 0.1) is 10.8 Å². The van der Waals surface area contributed by atoms with E-state index in [2.05, 4.69) is 47.7 Å². The van der Waals surface area contributed by atoms with Crippen molar-refractivity contribution in [2.75, 3.05) is 27.2 Å². The summed E-state index contributed by atoms with van der Waals surface area (Å²) >= 11 is 0. The Morgan fingerprint density at radius 1 is 0.885 bits per heavy atom. The summed E-state index contributed by atoms with van der Waals surface area (Å²) in [6, 6.07) is 11.7. The molecule has 4 unspecified atom stereocenters. The number of fused-ring (bicyclic) bond motifs is 2. The Balaban J connectivity index is 1.92. The van der Waals surface area contributed by atoms with Crippen molar-refractivity contribution in [2.45, 2.75) is 25.9 Å². The number of nitrogens with zero attached hydrogens (tertiary/aromatic N) is 4. The lowest BCUT2D eigenvalue weighted by molar-refractivity contribution is -0.175. The van der Waals surface area contributed by atoms with E-state index in [1.807, 2.05) is 48.8 Å². The monoisotopic (exact) mass is 350 g/mol. The van der Waals surface area contributed by atoms with Crippen molar-refractivity contribution in [3.05, 3.63) is 60.2 Å². The summed E-state index contributed by atoms with van der Waals surface area (Å²) in [6.45, 7) is 5.69. The number of carbonyl (C=O) groups is 1. The Labute approximate surface area is 155 Å². The highest BCUT2D eigenvalue weighted by atomic mass is 16.1. The SMILES string of the molecule is CN1CC2(C)C(=O)C(C)(C1)C(c1ccccn1)N(C)C2c1ccccn1. The predicted octanol–water partition coefficient (Wildman–Crippen LogP) is 2.73. The summed E-state index contributed by atoms with van der Waals surface area (Å²) in [5.74, 6) is 0.326. The van der Waals surface area contributed by atoms with E-state index < -0.39 is 10.8 Å². The molecule has 2 aliphatic heterocycles. The quantitative estimate of drug-likeness (QED) is 0.833. The average molecular weight is 350 g/mol. The number of hydrogen-bond donors (Lipinski definition) is 0. The first-order valence-corrected chi connectivity index (χ1v) is 9.15. The normalized spacial score (nSPS) is 35.5. The summed E-state index contributed by atoms with van der Waals surface area (Å²) in [4.78, 5) is 27.7. The molecule has 5 heteroatoms. The smallest absolute Gasteiger partial charge is 0.151 e. The zero-order valence-electron chi connectivity index (χ0n) is 15.9. The standard InChI is InChI=1S/C21H26N4O/c1-20-13-24(3)14-21(2,19(20)26)18(16-10-6-8-12-23-16)25(4)17(20)15-9-5-7-11-22-15/h5-12,17-18H,13-14H2,1-4H3. The van der Waals surface area contributed by atoms with Crippen molar-refractivity contribution in [2.24, 2.45) is 10.8 Å². The molecular formula is C21H26N4O. The summed E-state index contributed by atoms with van der Waals surface area (Å²) in [7, 11) is 4.23. The molecule has 136 valence electrons. The van der Waals surface area contributed by atoms with Gasteiger partial charge in [0.2, 0.25) is 0 Å². The number of hydrogen-bond acceptors (Lipinski definition) is 5. The van der Waals surface area contributed by atoms with Crippen LogP contribution in [0.5, 0.6) is 0 Å². The molecule has 2 saturated heterocycles. The van der Waals surface area contributed by atoms with Gasteiger partial charge in [0.05, 0.1) is 34.3 Å². The van der Waals surface area contributed by atoms with Crippen LogP contribution >= 0.6 is 0 Å². The lowest BCUT2D eigenvalue weighted by atomic mass is 9.56. The maximum absolute atomic E-state index is 13.8. The third-order valence-corrected chi connectivity index (χ3v) is 6.19. The second-order valence-corrected chi connectivity index (χ2v) is 8.32. The van der Waals surface area contributed by atoms with E-state index in [9.17, 15) is 4.79 Å². The van der Waals surface area contributed by atoms with Crippen LogP contribution in [-0.4, -0.2) is 52.7 Å². The Bertz CT molecular complexity index is 746. The van der Waals surface area contributed by atoms with Gasteiger partial charge in [0, 0.05) is 25.5 Å². The molecule has 0 amide bonds. The molecule has 4 atom stereocenters. The molecule has 2 fully saturated rings. The van der Waals surface area contributed by atoms with Crippen LogP contribution in [0.4, 0.5) is 0 Å².